The highest BCUT2D eigenvalue weighted by Gasteiger charge is 2.16. The number of Topliss-reactive ketones (excluding diaryl/α,β-unsaturated/α-hetero) is 1. The van der Waals surface area contributed by atoms with Crippen molar-refractivity contribution in [2.45, 2.75) is 27.7 Å². The molecule has 2 rings (SSSR count). The highest BCUT2D eigenvalue weighted by Crippen LogP contribution is 2.29. The second-order valence-corrected chi connectivity index (χ2v) is 5.29. The van der Waals surface area contributed by atoms with Crippen LogP contribution in [0.1, 0.15) is 34.1 Å². The Hall–Kier alpha value is -1.74. The van der Waals surface area contributed by atoms with Crippen molar-refractivity contribution in [3.8, 4) is 11.3 Å². The van der Waals surface area contributed by atoms with Crippen molar-refractivity contribution in [2.24, 2.45) is 0 Å². The Balaban J connectivity index is 2.71. The lowest BCUT2D eigenvalue weighted by molar-refractivity contribution is 0.101. The lowest BCUT2D eigenvalue weighted by atomic mass is 10.0. The van der Waals surface area contributed by atoms with Crippen LogP contribution in [0.5, 0.6) is 0 Å². The van der Waals surface area contributed by atoms with Crippen molar-refractivity contribution in [3.05, 3.63) is 51.4 Å². The molecule has 0 unspecified atom stereocenters. The third-order valence-corrected chi connectivity index (χ3v) is 3.88. The number of carbonyl (C=O) groups is 1. The molecule has 20 heavy (non-hydrogen) atoms. The molecule has 1 aromatic heterocycles. The summed E-state index contributed by atoms with van der Waals surface area (Å²) in [5.41, 5.74) is 3.16. The minimum absolute atomic E-state index is 0.180. The molecule has 0 amide bonds. The third-order valence-electron chi connectivity index (χ3n) is 3.41. The fourth-order valence-corrected chi connectivity index (χ4v) is 2.24. The molecule has 0 N–H and O–H groups in total. The first-order valence-electron chi connectivity index (χ1n) is 6.27. The Labute approximate surface area is 122 Å². The second-order valence-electron chi connectivity index (χ2n) is 4.91. The Morgan fingerprint density at radius 1 is 1.20 bits per heavy atom. The third kappa shape index (κ3) is 2.46. The largest absolute Gasteiger partial charge is 0.293 e. The maximum absolute atomic E-state index is 14.4. The van der Waals surface area contributed by atoms with E-state index < -0.39 is 0 Å². The molecule has 0 aliphatic rings. The Morgan fingerprint density at radius 2 is 1.85 bits per heavy atom. The maximum Gasteiger partial charge on any atom is 0.179 e. The van der Waals surface area contributed by atoms with Gasteiger partial charge in [0, 0.05) is 12.5 Å². The molecule has 0 spiro atoms. The number of nitrogens with zero attached hydrogens (tertiary/aromatic N) is 1. The standard InChI is InChI=1S/C16H15ClFNO/c1-8-5-6-12(15(18)10(8)3)13-7-9(2)14(17)16(19-13)11(4)20/h5-7H,1-4H3. The van der Waals surface area contributed by atoms with E-state index in [-0.39, 0.29) is 17.3 Å². The summed E-state index contributed by atoms with van der Waals surface area (Å²) < 4.78 is 14.4. The number of carbonyl (C=O) groups excluding carboxylic acids is 1. The number of benzene rings is 1. The van der Waals surface area contributed by atoms with Gasteiger partial charge in [-0.2, -0.15) is 0 Å². The van der Waals surface area contributed by atoms with Crippen LogP contribution >= 0.6 is 11.6 Å². The average Bonchev–Trinajstić information content (AvgIpc) is 2.39. The molecule has 0 aliphatic carbocycles. The average molecular weight is 292 g/mol. The Bertz CT molecular complexity index is 710. The van der Waals surface area contributed by atoms with Crippen LogP contribution in [0.15, 0.2) is 18.2 Å². The first-order chi connectivity index (χ1) is 9.32. The van der Waals surface area contributed by atoms with Crippen LogP contribution in [-0.4, -0.2) is 10.8 Å². The zero-order valence-electron chi connectivity index (χ0n) is 11.8. The van der Waals surface area contributed by atoms with E-state index in [0.717, 1.165) is 5.56 Å². The molecule has 0 bridgehead atoms. The maximum atomic E-state index is 14.4. The smallest absolute Gasteiger partial charge is 0.179 e. The Kier molecular flexibility index (Phi) is 3.91. The molecule has 0 aliphatic heterocycles. The van der Waals surface area contributed by atoms with E-state index in [1.54, 1.807) is 26.0 Å². The van der Waals surface area contributed by atoms with Crippen molar-refractivity contribution in [2.75, 3.05) is 0 Å². The van der Waals surface area contributed by atoms with Gasteiger partial charge in [-0.15, -0.1) is 0 Å². The summed E-state index contributed by atoms with van der Waals surface area (Å²) in [5, 5.41) is 0.325. The van der Waals surface area contributed by atoms with Crippen molar-refractivity contribution in [3.63, 3.8) is 0 Å². The van der Waals surface area contributed by atoms with Gasteiger partial charge in [-0.05, 0) is 49.6 Å². The van der Waals surface area contributed by atoms with Gasteiger partial charge in [-0.3, -0.25) is 4.79 Å². The molecule has 1 aromatic carbocycles. The van der Waals surface area contributed by atoms with Crippen LogP contribution in [0.25, 0.3) is 11.3 Å². The molecule has 0 radical (unpaired) electrons. The van der Waals surface area contributed by atoms with E-state index in [1.165, 1.54) is 6.92 Å². The van der Waals surface area contributed by atoms with Gasteiger partial charge < -0.3 is 0 Å². The predicted octanol–water partition coefficient (Wildman–Crippen LogP) is 4.67. The van der Waals surface area contributed by atoms with Crippen molar-refractivity contribution in [1.82, 2.24) is 4.98 Å². The highest BCUT2D eigenvalue weighted by molar-refractivity contribution is 6.34. The zero-order chi connectivity index (χ0) is 15.0. The lowest BCUT2D eigenvalue weighted by Crippen LogP contribution is -2.03. The van der Waals surface area contributed by atoms with E-state index in [2.05, 4.69) is 4.98 Å². The second kappa shape index (κ2) is 5.33. The van der Waals surface area contributed by atoms with E-state index in [9.17, 15) is 9.18 Å². The molecular formula is C16H15ClFNO. The number of hydrogen-bond donors (Lipinski definition) is 0. The van der Waals surface area contributed by atoms with E-state index in [1.807, 2.05) is 13.0 Å². The summed E-state index contributed by atoms with van der Waals surface area (Å²) in [7, 11) is 0. The summed E-state index contributed by atoms with van der Waals surface area (Å²) in [5.74, 6) is -0.544. The molecule has 0 saturated heterocycles. The number of halogens is 2. The van der Waals surface area contributed by atoms with Gasteiger partial charge >= 0.3 is 0 Å². The summed E-state index contributed by atoms with van der Waals surface area (Å²) in [6, 6.07) is 5.21. The van der Waals surface area contributed by atoms with Crippen molar-refractivity contribution in [1.29, 1.82) is 0 Å². The quantitative estimate of drug-likeness (QED) is 0.753. The lowest BCUT2D eigenvalue weighted by Gasteiger charge is -2.11. The first kappa shape index (κ1) is 14.7. The number of hydrogen-bond acceptors (Lipinski definition) is 2. The van der Waals surface area contributed by atoms with Crippen molar-refractivity contribution >= 4 is 17.4 Å². The summed E-state index contributed by atoms with van der Waals surface area (Å²) in [6.45, 7) is 6.75. The monoisotopic (exact) mass is 291 g/mol. The van der Waals surface area contributed by atoms with Crippen LogP contribution < -0.4 is 0 Å². The van der Waals surface area contributed by atoms with Crippen LogP contribution in [0, 0.1) is 26.6 Å². The first-order valence-corrected chi connectivity index (χ1v) is 6.65. The van der Waals surface area contributed by atoms with Crippen LogP contribution in [0.3, 0.4) is 0 Å². The Morgan fingerprint density at radius 3 is 2.45 bits per heavy atom. The predicted molar refractivity (Wildman–Crippen MR) is 78.9 cm³/mol. The summed E-state index contributed by atoms with van der Waals surface area (Å²) in [6.07, 6.45) is 0. The van der Waals surface area contributed by atoms with Crippen LogP contribution in [0.4, 0.5) is 4.39 Å². The molecule has 104 valence electrons. The number of ketones is 1. The normalized spacial score (nSPS) is 10.7. The molecule has 0 saturated carbocycles. The summed E-state index contributed by atoms with van der Waals surface area (Å²) >= 11 is 6.07. The van der Waals surface area contributed by atoms with Gasteiger partial charge in [-0.1, -0.05) is 17.7 Å². The number of aromatic nitrogens is 1. The topological polar surface area (TPSA) is 30.0 Å². The van der Waals surface area contributed by atoms with Crippen molar-refractivity contribution < 1.29 is 9.18 Å². The molecule has 4 heteroatoms. The zero-order valence-corrected chi connectivity index (χ0v) is 12.6. The fourth-order valence-electron chi connectivity index (χ4n) is 2.01. The minimum Gasteiger partial charge on any atom is -0.293 e. The van der Waals surface area contributed by atoms with Gasteiger partial charge in [0.25, 0.3) is 0 Å². The van der Waals surface area contributed by atoms with Crippen LogP contribution in [0.2, 0.25) is 5.02 Å². The highest BCUT2D eigenvalue weighted by atomic mass is 35.5. The molecule has 0 fully saturated rings. The van der Waals surface area contributed by atoms with Gasteiger partial charge in [-0.25, -0.2) is 9.37 Å². The number of aryl methyl sites for hydroxylation is 2. The molecule has 2 nitrogen and oxygen atoms in total. The van der Waals surface area contributed by atoms with E-state index in [4.69, 9.17) is 11.6 Å². The SMILES string of the molecule is CC(=O)c1nc(-c2ccc(C)c(C)c2F)cc(C)c1Cl. The number of pyridine rings is 1. The van der Waals surface area contributed by atoms with Gasteiger partial charge in [0.1, 0.15) is 11.5 Å². The van der Waals surface area contributed by atoms with E-state index in [0.29, 0.717) is 27.4 Å². The van der Waals surface area contributed by atoms with Gasteiger partial charge in [0.15, 0.2) is 5.78 Å². The summed E-state index contributed by atoms with van der Waals surface area (Å²) in [4.78, 5) is 15.8. The number of rotatable bonds is 2. The molecule has 1 heterocycles. The van der Waals surface area contributed by atoms with E-state index >= 15 is 0 Å². The molecular weight excluding hydrogens is 277 g/mol. The minimum atomic E-state index is -0.311. The van der Waals surface area contributed by atoms with Crippen LogP contribution in [-0.2, 0) is 0 Å². The molecule has 0 atom stereocenters. The van der Waals surface area contributed by atoms with Gasteiger partial charge in [0.05, 0.1) is 10.7 Å². The molecule has 2 aromatic rings. The fraction of sp³-hybridized carbons (Fsp3) is 0.250. The van der Waals surface area contributed by atoms with Gasteiger partial charge in [0.2, 0.25) is 0 Å².